The molecule has 1 aliphatic carbocycles. The Morgan fingerprint density at radius 1 is 1.23 bits per heavy atom. The Morgan fingerprint density at radius 2 is 2.03 bits per heavy atom. The molecule has 2 heterocycles. The molecular formula is C25H31FN6O3. The SMILES string of the molecule is Cn1c(=O)cc(N2CCC[C@@H](NC(=O)C3CCCC(N)C3)C2)n(Cc2cc(F)ccc2C#N)c1=O. The predicted octanol–water partition coefficient (Wildman–Crippen LogP) is 1.21. The highest BCUT2D eigenvalue weighted by molar-refractivity contribution is 5.79. The van der Waals surface area contributed by atoms with Crippen molar-refractivity contribution in [1.29, 1.82) is 5.26 Å². The number of aromatic nitrogens is 2. The maximum absolute atomic E-state index is 13.9. The topological polar surface area (TPSA) is 126 Å². The van der Waals surface area contributed by atoms with E-state index in [4.69, 9.17) is 5.73 Å². The first-order valence-corrected chi connectivity index (χ1v) is 12.1. The number of anilines is 1. The number of halogens is 1. The summed E-state index contributed by atoms with van der Waals surface area (Å²) in [7, 11) is 1.38. The second-order valence-electron chi connectivity index (χ2n) is 9.60. The fourth-order valence-corrected chi connectivity index (χ4v) is 5.13. The number of piperidine rings is 1. The minimum Gasteiger partial charge on any atom is -0.356 e. The normalized spacial score (nSPS) is 22.5. The van der Waals surface area contributed by atoms with Gasteiger partial charge in [-0.2, -0.15) is 5.26 Å². The summed E-state index contributed by atoms with van der Waals surface area (Å²) in [6.45, 7) is 0.976. The van der Waals surface area contributed by atoms with E-state index in [0.29, 0.717) is 30.9 Å². The molecule has 1 aromatic heterocycles. The van der Waals surface area contributed by atoms with Crippen molar-refractivity contribution < 1.29 is 9.18 Å². The highest BCUT2D eigenvalue weighted by Gasteiger charge is 2.29. The molecule has 2 unspecified atom stereocenters. The lowest BCUT2D eigenvalue weighted by atomic mass is 9.85. The van der Waals surface area contributed by atoms with Gasteiger partial charge >= 0.3 is 5.69 Å². The smallest absolute Gasteiger partial charge is 0.332 e. The molecule has 3 N–H and O–H groups in total. The van der Waals surface area contributed by atoms with Gasteiger partial charge in [-0.05, 0) is 55.9 Å². The number of nitrogens with one attached hydrogen (secondary N) is 1. The Bertz CT molecular complexity index is 1260. The molecule has 2 aromatic rings. The summed E-state index contributed by atoms with van der Waals surface area (Å²) in [6, 6.07) is 7.14. The third-order valence-electron chi connectivity index (χ3n) is 7.07. The zero-order valence-corrected chi connectivity index (χ0v) is 19.9. The van der Waals surface area contributed by atoms with Crippen LogP contribution in [0.15, 0.2) is 33.9 Å². The van der Waals surface area contributed by atoms with Gasteiger partial charge in [0.25, 0.3) is 5.56 Å². The van der Waals surface area contributed by atoms with Gasteiger partial charge in [0.15, 0.2) is 0 Å². The average molecular weight is 483 g/mol. The van der Waals surface area contributed by atoms with Crippen LogP contribution in [0.3, 0.4) is 0 Å². The first-order chi connectivity index (χ1) is 16.8. The van der Waals surface area contributed by atoms with Crippen molar-refractivity contribution in [1.82, 2.24) is 14.5 Å². The molecule has 35 heavy (non-hydrogen) atoms. The standard InChI is InChI=1S/C25H31FN6O3/c1-30-23(33)12-22(32(25(30)35)14-18-10-19(26)8-7-17(18)13-27)31-9-3-6-21(15-31)29-24(34)16-4-2-5-20(28)11-16/h7-8,10,12,16,20-21H,2-6,9,11,14-15,28H2,1H3,(H,29,34)/t16?,20?,21-/m1/s1. The average Bonchev–Trinajstić information content (AvgIpc) is 2.84. The molecule has 0 bridgehead atoms. The van der Waals surface area contributed by atoms with Crippen molar-refractivity contribution >= 4 is 11.7 Å². The van der Waals surface area contributed by atoms with Crippen molar-refractivity contribution in [3.63, 3.8) is 0 Å². The maximum Gasteiger partial charge on any atom is 0.332 e. The summed E-state index contributed by atoms with van der Waals surface area (Å²) in [5.74, 6) is -0.202. The molecule has 1 aromatic carbocycles. The van der Waals surface area contributed by atoms with Crippen molar-refractivity contribution in [2.75, 3.05) is 18.0 Å². The van der Waals surface area contributed by atoms with Crippen LogP contribution in [0.25, 0.3) is 0 Å². The van der Waals surface area contributed by atoms with E-state index in [1.54, 1.807) is 0 Å². The second kappa shape index (κ2) is 10.4. The highest BCUT2D eigenvalue weighted by atomic mass is 19.1. The Balaban J connectivity index is 1.60. The van der Waals surface area contributed by atoms with Gasteiger partial charge in [-0.25, -0.2) is 9.18 Å². The lowest BCUT2D eigenvalue weighted by Crippen LogP contribution is -2.52. The van der Waals surface area contributed by atoms with Gasteiger partial charge in [-0.15, -0.1) is 0 Å². The first kappa shape index (κ1) is 24.7. The summed E-state index contributed by atoms with van der Waals surface area (Å²) < 4.78 is 16.3. The van der Waals surface area contributed by atoms with E-state index in [9.17, 15) is 24.0 Å². The summed E-state index contributed by atoms with van der Waals surface area (Å²) in [4.78, 5) is 40.4. The summed E-state index contributed by atoms with van der Waals surface area (Å²) in [5, 5.41) is 12.6. The van der Waals surface area contributed by atoms with Crippen LogP contribution in [0.1, 0.15) is 49.7 Å². The molecule has 186 valence electrons. The van der Waals surface area contributed by atoms with Crippen molar-refractivity contribution in [2.24, 2.45) is 18.7 Å². The quantitative estimate of drug-likeness (QED) is 0.660. The lowest BCUT2D eigenvalue weighted by molar-refractivity contribution is -0.126. The molecule has 9 nitrogen and oxygen atoms in total. The largest absolute Gasteiger partial charge is 0.356 e. The van der Waals surface area contributed by atoms with Crippen molar-refractivity contribution in [3.05, 3.63) is 62.0 Å². The van der Waals surface area contributed by atoms with Crippen LogP contribution in [-0.4, -0.2) is 40.2 Å². The van der Waals surface area contributed by atoms with Gasteiger partial charge in [0.2, 0.25) is 5.91 Å². The molecule has 1 amide bonds. The third kappa shape index (κ3) is 5.46. The predicted molar refractivity (Wildman–Crippen MR) is 129 cm³/mol. The molecule has 1 saturated heterocycles. The molecule has 2 aliphatic rings. The highest BCUT2D eigenvalue weighted by Crippen LogP contribution is 2.25. The fraction of sp³-hybridized carbons (Fsp3) is 0.520. The van der Waals surface area contributed by atoms with Crippen LogP contribution < -0.4 is 27.2 Å². The van der Waals surface area contributed by atoms with Gasteiger partial charge < -0.3 is 16.0 Å². The summed E-state index contributed by atoms with van der Waals surface area (Å²) in [6.07, 6.45) is 4.96. The maximum atomic E-state index is 13.9. The number of hydrogen-bond donors (Lipinski definition) is 2. The number of carbonyl (C=O) groups is 1. The van der Waals surface area contributed by atoms with E-state index in [1.807, 2.05) is 11.0 Å². The number of nitriles is 1. The van der Waals surface area contributed by atoms with Crippen LogP contribution in [0, 0.1) is 23.1 Å². The zero-order valence-electron chi connectivity index (χ0n) is 19.9. The molecule has 0 radical (unpaired) electrons. The number of nitrogens with zero attached hydrogens (tertiary/aromatic N) is 4. The molecule has 3 atom stereocenters. The number of benzene rings is 1. The van der Waals surface area contributed by atoms with Crippen LogP contribution in [0.2, 0.25) is 0 Å². The van der Waals surface area contributed by atoms with Gasteiger partial charge in [0.1, 0.15) is 11.6 Å². The van der Waals surface area contributed by atoms with Gasteiger partial charge in [-0.3, -0.25) is 18.7 Å². The van der Waals surface area contributed by atoms with E-state index in [1.165, 1.54) is 35.9 Å². The van der Waals surface area contributed by atoms with Crippen LogP contribution in [-0.2, 0) is 18.4 Å². The van der Waals surface area contributed by atoms with Gasteiger partial charge in [-0.1, -0.05) is 6.42 Å². The van der Waals surface area contributed by atoms with Crippen LogP contribution in [0.4, 0.5) is 10.2 Å². The summed E-state index contributed by atoms with van der Waals surface area (Å²) in [5.41, 5.74) is 5.65. The molecular weight excluding hydrogens is 451 g/mol. The minimum atomic E-state index is -0.553. The number of rotatable bonds is 5. The van der Waals surface area contributed by atoms with E-state index >= 15 is 0 Å². The van der Waals surface area contributed by atoms with E-state index in [-0.39, 0.29) is 36.0 Å². The van der Waals surface area contributed by atoms with Crippen LogP contribution >= 0.6 is 0 Å². The van der Waals surface area contributed by atoms with Crippen molar-refractivity contribution in [2.45, 2.75) is 57.2 Å². The van der Waals surface area contributed by atoms with E-state index < -0.39 is 17.1 Å². The summed E-state index contributed by atoms with van der Waals surface area (Å²) >= 11 is 0. The Morgan fingerprint density at radius 3 is 2.77 bits per heavy atom. The van der Waals surface area contributed by atoms with Crippen molar-refractivity contribution in [3.8, 4) is 6.07 Å². The molecule has 1 aliphatic heterocycles. The lowest BCUT2D eigenvalue weighted by Gasteiger charge is -2.37. The molecule has 1 saturated carbocycles. The number of nitrogens with two attached hydrogens (primary N) is 1. The van der Waals surface area contributed by atoms with Gasteiger partial charge in [0, 0.05) is 44.2 Å². The zero-order chi connectivity index (χ0) is 25.1. The fourth-order valence-electron chi connectivity index (χ4n) is 5.13. The van der Waals surface area contributed by atoms with Crippen LogP contribution in [0.5, 0.6) is 0 Å². The molecule has 0 spiro atoms. The van der Waals surface area contributed by atoms with Gasteiger partial charge in [0.05, 0.1) is 18.2 Å². The first-order valence-electron chi connectivity index (χ1n) is 12.1. The molecule has 10 heteroatoms. The Hall–Kier alpha value is -3.45. The second-order valence-corrected chi connectivity index (χ2v) is 9.60. The minimum absolute atomic E-state index is 0.00629. The van der Waals surface area contributed by atoms with E-state index in [0.717, 1.165) is 36.7 Å². The monoisotopic (exact) mass is 482 g/mol. The Labute approximate surface area is 203 Å². The third-order valence-corrected chi connectivity index (χ3v) is 7.07. The number of hydrogen-bond acceptors (Lipinski definition) is 6. The van der Waals surface area contributed by atoms with E-state index in [2.05, 4.69) is 5.32 Å². The molecule has 4 rings (SSSR count). The molecule has 2 fully saturated rings. The number of carbonyl (C=O) groups excluding carboxylic acids is 1. The Kier molecular flexibility index (Phi) is 7.36. The number of amides is 1.